The lowest BCUT2D eigenvalue weighted by Gasteiger charge is -2.21. The molecule has 1 amide bonds. The average Bonchev–Trinajstić information content (AvgIpc) is 3.20. The molecule has 31 heavy (non-hydrogen) atoms. The zero-order valence-electron chi connectivity index (χ0n) is 16.7. The number of carbonyl (C=O) groups is 1. The predicted octanol–water partition coefficient (Wildman–Crippen LogP) is 5.70. The Balaban J connectivity index is 1.84. The number of halogens is 1. The van der Waals surface area contributed by atoms with Gasteiger partial charge in [0.2, 0.25) is 0 Å². The molecular weight excluding hydrogens is 496 g/mol. The number of hydrogen-bond acceptors (Lipinski definition) is 5. The van der Waals surface area contributed by atoms with Crippen LogP contribution in [0.1, 0.15) is 22.8 Å². The molecule has 0 bridgehead atoms. The third-order valence-corrected chi connectivity index (χ3v) is 8.15. The van der Waals surface area contributed by atoms with Crippen LogP contribution in [0, 0.1) is 0 Å². The monoisotopic (exact) mass is 514 g/mol. The van der Waals surface area contributed by atoms with Crippen molar-refractivity contribution in [1.29, 1.82) is 0 Å². The van der Waals surface area contributed by atoms with Crippen LogP contribution in [-0.4, -0.2) is 25.1 Å². The summed E-state index contributed by atoms with van der Waals surface area (Å²) in [7, 11) is -3.56. The van der Waals surface area contributed by atoms with Gasteiger partial charge in [-0.15, -0.1) is 0 Å². The molecule has 1 aromatic heterocycles. The standard InChI is InChI=1S/C23H19BrN2O3S2/c1-2-31(28,29)21-11-7-6-10-18(21)22(27)26(15-16-8-4-3-5-9-16)23-25-19-13-12-17(24)14-20(19)30-23/h3-14H,2,15H2,1H3. The highest BCUT2D eigenvalue weighted by molar-refractivity contribution is 9.10. The van der Waals surface area contributed by atoms with Gasteiger partial charge in [0.05, 0.1) is 33.0 Å². The van der Waals surface area contributed by atoms with E-state index in [1.165, 1.54) is 17.4 Å². The summed E-state index contributed by atoms with van der Waals surface area (Å²) in [5, 5.41) is 0.519. The van der Waals surface area contributed by atoms with Crippen LogP contribution in [0.15, 0.2) is 82.2 Å². The molecule has 4 rings (SSSR count). The van der Waals surface area contributed by atoms with Crippen LogP contribution < -0.4 is 4.90 Å². The summed E-state index contributed by atoms with van der Waals surface area (Å²) in [6.45, 7) is 1.85. The molecule has 5 nitrogen and oxygen atoms in total. The second-order valence-corrected chi connectivity index (χ2v) is 11.1. The maximum absolute atomic E-state index is 13.7. The van der Waals surface area contributed by atoms with E-state index in [-0.39, 0.29) is 22.8 Å². The van der Waals surface area contributed by atoms with E-state index in [0.717, 1.165) is 20.3 Å². The minimum absolute atomic E-state index is 0.0458. The molecule has 1 heterocycles. The molecule has 0 aliphatic heterocycles. The molecule has 0 spiro atoms. The Bertz CT molecular complexity index is 1350. The van der Waals surface area contributed by atoms with E-state index in [2.05, 4.69) is 20.9 Å². The number of thiazole rings is 1. The first-order valence-corrected chi connectivity index (χ1v) is 12.9. The van der Waals surface area contributed by atoms with Crippen LogP contribution in [0.3, 0.4) is 0 Å². The van der Waals surface area contributed by atoms with E-state index in [1.807, 2.05) is 48.5 Å². The number of nitrogens with zero attached hydrogens (tertiary/aromatic N) is 2. The lowest BCUT2D eigenvalue weighted by molar-refractivity contribution is 0.0982. The fraction of sp³-hybridized carbons (Fsp3) is 0.130. The second kappa shape index (κ2) is 8.90. The van der Waals surface area contributed by atoms with Gasteiger partial charge in [-0.1, -0.05) is 76.7 Å². The lowest BCUT2D eigenvalue weighted by Crippen LogP contribution is -2.31. The highest BCUT2D eigenvalue weighted by Gasteiger charge is 2.27. The highest BCUT2D eigenvalue weighted by Crippen LogP contribution is 2.33. The number of hydrogen-bond donors (Lipinski definition) is 0. The van der Waals surface area contributed by atoms with Crippen molar-refractivity contribution in [3.05, 3.63) is 88.4 Å². The Morgan fingerprint density at radius 3 is 2.48 bits per heavy atom. The number of benzene rings is 3. The van der Waals surface area contributed by atoms with E-state index in [4.69, 9.17) is 0 Å². The third kappa shape index (κ3) is 4.56. The molecular formula is C23H19BrN2O3S2. The summed E-state index contributed by atoms with van der Waals surface area (Å²) in [4.78, 5) is 20.0. The van der Waals surface area contributed by atoms with Crippen LogP contribution in [0.4, 0.5) is 5.13 Å². The molecule has 0 atom stereocenters. The molecule has 0 saturated carbocycles. The van der Waals surface area contributed by atoms with Crippen LogP contribution in [0.25, 0.3) is 10.2 Å². The predicted molar refractivity (Wildman–Crippen MR) is 128 cm³/mol. The topological polar surface area (TPSA) is 67.3 Å². The Morgan fingerprint density at radius 2 is 1.74 bits per heavy atom. The van der Waals surface area contributed by atoms with Crippen molar-refractivity contribution in [2.24, 2.45) is 0 Å². The van der Waals surface area contributed by atoms with Gasteiger partial charge in [0.25, 0.3) is 5.91 Å². The summed E-state index contributed by atoms with van der Waals surface area (Å²) in [6.07, 6.45) is 0. The van der Waals surface area contributed by atoms with E-state index >= 15 is 0 Å². The second-order valence-electron chi connectivity index (χ2n) is 6.88. The SMILES string of the molecule is CCS(=O)(=O)c1ccccc1C(=O)N(Cc1ccccc1)c1nc2ccc(Br)cc2s1. The van der Waals surface area contributed by atoms with Crippen molar-refractivity contribution in [2.75, 3.05) is 10.7 Å². The Hall–Kier alpha value is -2.55. The van der Waals surface area contributed by atoms with Crippen LogP contribution in [-0.2, 0) is 16.4 Å². The number of sulfone groups is 1. The van der Waals surface area contributed by atoms with E-state index in [1.54, 1.807) is 30.0 Å². The van der Waals surface area contributed by atoms with Crippen molar-refractivity contribution in [3.8, 4) is 0 Å². The molecule has 0 aliphatic rings. The molecule has 0 saturated heterocycles. The van der Waals surface area contributed by atoms with Crippen molar-refractivity contribution >= 4 is 58.4 Å². The summed E-state index contributed by atoms with van der Waals surface area (Å²) < 4.78 is 27.1. The number of carbonyl (C=O) groups excluding carboxylic acids is 1. The Labute approximate surface area is 193 Å². The van der Waals surface area contributed by atoms with Gasteiger partial charge in [-0.25, -0.2) is 13.4 Å². The van der Waals surface area contributed by atoms with E-state index in [0.29, 0.717) is 5.13 Å². The first kappa shape index (κ1) is 21.7. The molecule has 0 aliphatic carbocycles. The lowest BCUT2D eigenvalue weighted by atomic mass is 10.1. The van der Waals surface area contributed by atoms with Crippen molar-refractivity contribution < 1.29 is 13.2 Å². The number of fused-ring (bicyclic) bond motifs is 1. The minimum atomic E-state index is -3.56. The minimum Gasteiger partial charge on any atom is -0.279 e. The van der Waals surface area contributed by atoms with Crippen molar-refractivity contribution in [3.63, 3.8) is 0 Å². The normalized spacial score (nSPS) is 11.5. The van der Waals surface area contributed by atoms with E-state index in [9.17, 15) is 13.2 Å². The van der Waals surface area contributed by atoms with Gasteiger partial charge in [0.15, 0.2) is 15.0 Å². The molecule has 4 aromatic rings. The van der Waals surface area contributed by atoms with Gasteiger partial charge in [-0.05, 0) is 35.9 Å². The fourth-order valence-corrected chi connectivity index (χ4v) is 5.81. The fourth-order valence-electron chi connectivity index (χ4n) is 3.21. The first-order valence-electron chi connectivity index (χ1n) is 9.62. The van der Waals surface area contributed by atoms with Crippen LogP contribution >= 0.6 is 27.3 Å². The summed E-state index contributed by atoms with van der Waals surface area (Å²) >= 11 is 4.86. The van der Waals surface area contributed by atoms with Gasteiger partial charge in [0, 0.05) is 4.47 Å². The summed E-state index contributed by atoms with van der Waals surface area (Å²) in [5.74, 6) is -0.472. The number of anilines is 1. The molecule has 158 valence electrons. The van der Waals surface area contributed by atoms with E-state index < -0.39 is 15.7 Å². The molecule has 0 radical (unpaired) electrons. The smallest absolute Gasteiger partial charge is 0.261 e. The third-order valence-electron chi connectivity index (χ3n) is 4.83. The molecule has 0 unspecified atom stereocenters. The van der Waals surface area contributed by atoms with Gasteiger partial charge < -0.3 is 0 Å². The largest absolute Gasteiger partial charge is 0.279 e. The quantitative estimate of drug-likeness (QED) is 0.331. The van der Waals surface area contributed by atoms with Gasteiger partial charge in [-0.2, -0.15) is 0 Å². The number of aromatic nitrogens is 1. The Kier molecular flexibility index (Phi) is 6.22. The van der Waals surface area contributed by atoms with Crippen LogP contribution in [0.5, 0.6) is 0 Å². The van der Waals surface area contributed by atoms with Crippen molar-refractivity contribution in [1.82, 2.24) is 4.98 Å². The summed E-state index contributed by atoms with van der Waals surface area (Å²) in [6, 6.07) is 21.7. The zero-order chi connectivity index (χ0) is 22.0. The van der Waals surface area contributed by atoms with Gasteiger partial charge in [-0.3, -0.25) is 9.69 Å². The average molecular weight is 515 g/mol. The summed E-state index contributed by atoms with van der Waals surface area (Å²) in [5.41, 5.74) is 1.86. The Morgan fingerprint density at radius 1 is 1.03 bits per heavy atom. The van der Waals surface area contributed by atoms with Gasteiger partial charge in [0.1, 0.15) is 0 Å². The molecule has 0 fully saturated rings. The number of rotatable bonds is 6. The molecule has 3 aromatic carbocycles. The molecule has 0 N–H and O–H groups in total. The van der Waals surface area contributed by atoms with Gasteiger partial charge >= 0.3 is 0 Å². The van der Waals surface area contributed by atoms with Crippen molar-refractivity contribution in [2.45, 2.75) is 18.4 Å². The van der Waals surface area contributed by atoms with Crippen LogP contribution in [0.2, 0.25) is 0 Å². The maximum Gasteiger partial charge on any atom is 0.261 e. The zero-order valence-corrected chi connectivity index (χ0v) is 19.9. The first-order chi connectivity index (χ1) is 14.9. The maximum atomic E-state index is 13.7. The molecule has 8 heteroatoms. The number of amides is 1. The highest BCUT2D eigenvalue weighted by atomic mass is 79.9.